The lowest BCUT2D eigenvalue weighted by Gasteiger charge is -2.18. The summed E-state index contributed by atoms with van der Waals surface area (Å²) in [7, 11) is 0. The van der Waals surface area contributed by atoms with Crippen molar-refractivity contribution in [2.75, 3.05) is 0 Å². The number of ketones is 4. The van der Waals surface area contributed by atoms with Crippen molar-refractivity contribution in [2.45, 2.75) is 71.1 Å². The first-order valence-corrected chi connectivity index (χ1v) is 13.8. The van der Waals surface area contributed by atoms with Crippen LogP contribution in [-0.4, -0.2) is 33.0 Å². The van der Waals surface area contributed by atoms with Crippen LogP contribution in [0.4, 0.5) is 11.4 Å². The first-order valence-electron chi connectivity index (χ1n) is 13.8. The van der Waals surface area contributed by atoms with E-state index in [0.717, 1.165) is 44.2 Å². The Balaban J connectivity index is 1.92. The minimum atomic E-state index is -1.00. The molecule has 41 heavy (non-hydrogen) atoms. The summed E-state index contributed by atoms with van der Waals surface area (Å²) >= 11 is 0. The summed E-state index contributed by atoms with van der Waals surface area (Å²) in [6.45, 7) is 2.15. The van der Waals surface area contributed by atoms with E-state index in [1.807, 2.05) is 0 Å². The molecule has 0 fully saturated rings. The molecular formula is C31H32N2O8. The summed E-state index contributed by atoms with van der Waals surface area (Å²) in [5, 5.41) is 23.0. The van der Waals surface area contributed by atoms with Gasteiger partial charge in [-0.2, -0.15) is 0 Å². The minimum absolute atomic E-state index is 0.00359. The lowest BCUT2D eigenvalue weighted by molar-refractivity contribution is -0.385. The van der Waals surface area contributed by atoms with Crippen molar-refractivity contribution in [1.29, 1.82) is 0 Å². The largest absolute Gasteiger partial charge is 0.289 e. The van der Waals surface area contributed by atoms with Crippen LogP contribution < -0.4 is 0 Å². The van der Waals surface area contributed by atoms with Gasteiger partial charge in [-0.05, 0) is 25.0 Å². The van der Waals surface area contributed by atoms with Crippen molar-refractivity contribution < 1.29 is 29.0 Å². The minimum Gasteiger partial charge on any atom is -0.289 e. The highest BCUT2D eigenvalue weighted by Gasteiger charge is 2.38. The van der Waals surface area contributed by atoms with E-state index in [2.05, 4.69) is 6.92 Å². The molecule has 0 saturated carbocycles. The Labute approximate surface area is 237 Å². The van der Waals surface area contributed by atoms with E-state index in [9.17, 15) is 39.4 Å². The normalized spacial score (nSPS) is 13.2. The van der Waals surface area contributed by atoms with E-state index in [4.69, 9.17) is 0 Å². The van der Waals surface area contributed by atoms with Crippen LogP contribution in [0.15, 0.2) is 71.3 Å². The number of nitrogens with zero attached hydrogens (tertiary/aromatic N) is 2. The lowest BCUT2D eigenvalue weighted by Crippen LogP contribution is -2.28. The second-order valence-electron chi connectivity index (χ2n) is 9.89. The van der Waals surface area contributed by atoms with Crippen molar-refractivity contribution in [3.8, 4) is 0 Å². The average molecular weight is 561 g/mol. The van der Waals surface area contributed by atoms with Crippen LogP contribution in [0.25, 0.3) is 0 Å². The van der Waals surface area contributed by atoms with Gasteiger partial charge < -0.3 is 0 Å². The molecule has 1 aliphatic rings. The zero-order valence-corrected chi connectivity index (χ0v) is 22.9. The number of unbranched alkanes of at least 4 members (excludes halogenated alkanes) is 8. The topological polar surface area (TPSA) is 155 Å². The predicted octanol–water partition coefficient (Wildman–Crippen LogP) is 6.86. The molecular weight excluding hydrogens is 528 g/mol. The maximum Gasteiger partial charge on any atom is 0.280 e. The van der Waals surface area contributed by atoms with Crippen LogP contribution >= 0.6 is 0 Å². The van der Waals surface area contributed by atoms with Gasteiger partial charge in [0.2, 0.25) is 11.6 Å². The number of Topliss-reactive ketones (excluding diaryl/α,β-unsaturated/α-hetero) is 3. The fourth-order valence-corrected chi connectivity index (χ4v) is 4.89. The van der Waals surface area contributed by atoms with Crippen molar-refractivity contribution in [2.24, 2.45) is 0 Å². The fraction of sp³-hybridized carbons (Fsp3) is 0.355. The molecule has 0 aromatic heterocycles. The Morgan fingerprint density at radius 1 is 0.683 bits per heavy atom. The van der Waals surface area contributed by atoms with Crippen LogP contribution in [-0.2, 0) is 9.59 Å². The Morgan fingerprint density at radius 3 is 1.66 bits per heavy atom. The van der Waals surface area contributed by atoms with Crippen molar-refractivity contribution in [1.82, 2.24) is 0 Å². The molecule has 0 bridgehead atoms. The van der Waals surface area contributed by atoms with Gasteiger partial charge in [-0.15, -0.1) is 0 Å². The molecule has 214 valence electrons. The molecule has 1 aliphatic carbocycles. The van der Waals surface area contributed by atoms with Gasteiger partial charge in [-0.3, -0.25) is 39.4 Å². The summed E-state index contributed by atoms with van der Waals surface area (Å²) in [5.74, 6) is -3.80. The van der Waals surface area contributed by atoms with Crippen LogP contribution in [0.1, 0.15) is 91.8 Å². The number of hydrogen-bond donors (Lipinski definition) is 0. The molecule has 0 N–H and O–H groups in total. The van der Waals surface area contributed by atoms with Crippen molar-refractivity contribution in [3.05, 3.63) is 103 Å². The van der Waals surface area contributed by atoms with Crippen LogP contribution in [0.2, 0.25) is 0 Å². The third-order valence-corrected chi connectivity index (χ3v) is 7.04. The van der Waals surface area contributed by atoms with E-state index in [-0.39, 0.29) is 23.1 Å². The Kier molecular flexibility index (Phi) is 11.1. The molecule has 10 nitrogen and oxygen atoms in total. The highest BCUT2D eigenvalue weighted by Crippen LogP contribution is 2.32. The first-order chi connectivity index (χ1) is 19.7. The third-order valence-electron chi connectivity index (χ3n) is 7.04. The zero-order chi connectivity index (χ0) is 29.9. The highest BCUT2D eigenvalue weighted by molar-refractivity contribution is 6.43. The molecule has 0 radical (unpaired) electrons. The fourth-order valence-electron chi connectivity index (χ4n) is 4.89. The van der Waals surface area contributed by atoms with Crippen LogP contribution in [0.3, 0.4) is 0 Å². The molecule has 0 heterocycles. The van der Waals surface area contributed by atoms with Gasteiger partial charge >= 0.3 is 0 Å². The van der Waals surface area contributed by atoms with E-state index in [1.54, 1.807) is 0 Å². The second kappa shape index (κ2) is 14.7. The number of hydrogen-bond acceptors (Lipinski definition) is 8. The lowest BCUT2D eigenvalue weighted by atomic mass is 9.80. The number of rotatable bonds is 16. The number of nitro benzene ring substituents is 2. The van der Waals surface area contributed by atoms with Gasteiger partial charge in [-0.1, -0.05) is 82.6 Å². The zero-order valence-electron chi connectivity index (χ0n) is 22.9. The van der Waals surface area contributed by atoms with Gasteiger partial charge in [0.1, 0.15) is 11.1 Å². The van der Waals surface area contributed by atoms with Crippen LogP contribution in [0.5, 0.6) is 0 Å². The first kappa shape index (κ1) is 30.9. The van der Waals surface area contributed by atoms with Crippen molar-refractivity contribution in [3.63, 3.8) is 0 Å². The third kappa shape index (κ3) is 7.53. The molecule has 10 heteroatoms. The van der Waals surface area contributed by atoms with Crippen molar-refractivity contribution >= 4 is 34.5 Å². The number of benzene rings is 2. The number of allylic oxidation sites excluding steroid dienone is 4. The number of para-hydroxylation sites is 2. The summed E-state index contributed by atoms with van der Waals surface area (Å²) in [6, 6.07) is 10.2. The Morgan fingerprint density at radius 2 is 1.15 bits per heavy atom. The SMILES string of the molecule is CCCCCCCCCCCC1=C(C(=O)c2ccccc2[N+](=O)[O-])C(=O)C=C(C(=O)c2ccccc2[N+](=O)[O-])C1=O. The smallest absolute Gasteiger partial charge is 0.280 e. The maximum atomic E-state index is 13.6. The molecule has 0 atom stereocenters. The van der Waals surface area contributed by atoms with Gasteiger partial charge in [0, 0.05) is 23.8 Å². The molecule has 0 spiro atoms. The average Bonchev–Trinajstić information content (AvgIpc) is 2.97. The second-order valence-corrected chi connectivity index (χ2v) is 9.89. The molecule has 2 aromatic rings. The standard InChI is InChI=1S/C31H32N2O8/c1-2-3-4-5-6-7-8-9-10-17-23-28(31(37)22-16-12-14-19-26(22)33(40)41)27(34)20-24(30(23)36)29(35)21-15-11-13-18-25(21)32(38)39/h11-16,18-20H,2-10,17H2,1H3. The van der Waals surface area contributed by atoms with Gasteiger partial charge in [0.05, 0.1) is 21.0 Å². The van der Waals surface area contributed by atoms with E-state index < -0.39 is 55.5 Å². The monoisotopic (exact) mass is 560 g/mol. The van der Waals surface area contributed by atoms with Gasteiger partial charge in [0.25, 0.3) is 11.4 Å². The number of carbonyl (C=O) groups excluding carboxylic acids is 4. The summed E-state index contributed by atoms with van der Waals surface area (Å²) in [6.07, 6.45) is 9.51. The number of carbonyl (C=O) groups is 4. The summed E-state index contributed by atoms with van der Waals surface area (Å²) < 4.78 is 0. The van der Waals surface area contributed by atoms with E-state index in [0.29, 0.717) is 18.9 Å². The van der Waals surface area contributed by atoms with Gasteiger partial charge in [0.15, 0.2) is 11.6 Å². The summed E-state index contributed by atoms with van der Waals surface area (Å²) in [4.78, 5) is 75.3. The molecule has 0 saturated heterocycles. The molecule has 3 rings (SSSR count). The maximum absolute atomic E-state index is 13.6. The predicted molar refractivity (Wildman–Crippen MR) is 152 cm³/mol. The Hall–Kier alpha value is -4.60. The van der Waals surface area contributed by atoms with Gasteiger partial charge in [-0.25, -0.2) is 0 Å². The number of nitro groups is 2. The summed E-state index contributed by atoms with van der Waals surface area (Å²) in [5.41, 5.74) is -3.04. The quantitative estimate of drug-likeness (QED) is 0.0538. The van der Waals surface area contributed by atoms with E-state index in [1.165, 1.54) is 49.2 Å². The molecule has 2 aromatic carbocycles. The molecule has 0 unspecified atom stereocenters. The molecule has 0 amide bonds. The highest BCUT2D eigenvalue weighted by atomic mass is 16.6. The Bertz CT molecular complexity index is 1440. The van der Waals surface area contributed by atoms with E-state index >= 15 is 0 Å². The van der Waals surface area contributed by atoms with Crippen LogP contribution in [0, 0.1) is 20.2 Å². The molecule has 0 aliphatic heterocycles.